The van der Waals surface area contributed by atoms with Gasteiger partial charge in [-0.05, 0) is 31.9 Å². The van der Waals surface area contributed by atoms with E-state index in [1.807, 2.05) is 6.08 Å². The standard InChI is InChI=1S/C16H29NO2/c18-14-10-8-6-4-2-1-3-5-7-9-11-17-12-15-19-16-13-17/h8,10,14H,1-7,9,11-13,15-16H2. The van der Waals surface area contributed by atoms with Crippen molar-refractivity contribution in [3.8, 4) is 0 Å². The summed E-state index contributed by atoms with van der Waals surface area (Å²) in [6, 6.07) is 0. The molecule has 0 saturated carbocycles. The molecule has 0 aliphatic carbocycles. The van der Waals surface area contributed by atoms with Crippen molar-refractivity contribution in [2.75, 3.05) is 32.8 Å². The van der Waals surface area contributed by atoms with Crippen LogP contribution >= 0.6 is 0 Å². The molecule has 0 unspecified atom stereocenters. The first-order valence-corrected chi connectivity index (χ1v) is 7.84. The van der Waals surface area contributed by atoms with Crippen LogP contribution in [0.4, 0.5) is 0 Å². The predicted molar refractivity (Wildman–Crippen MR) is 79.4 cm³/mol. The fraction of sp³-hybridized carbons (Fsp3) is 0.812. The Balaban J connectivity index is 1.75. The molecule has 1 fully saturated rings. The van der Waals surface area contributed by atoms with Gasteiger partial charge in [0.25, 0.3) is 0 Å². The van der Waals surface area contributed by atoms with E-state index in [9.17, 15) is 4.79 Å². The van der Waals surface area contributed by atoms with Gasteiger partial charge in [-0.25, -0.2) is 0 Å². The van der Waals surface area contributed by atoms with Crippen molar-refractivity contribution in [2.45, 2.75) is 51.4 Å². The highest BCUT2D eigenvalue weighted by atomic mass is 16.5. The van der Waals surface area contributed by atoms with Crippen LogP contribution in [0.3, 0.4) is 0 Å². The maximum atomic E-state index is 10.1. The number of rotatable bonds is 11. The second kappa shape index (κ2) is 12.4. The zero-order valence-corrected chi connectivity index (χ0v) is 12.2. The smallest absolute Gasteiger partial charge is 0.142 e. The van der Waals surface area contributed by atoms with Crippen LogP contribution in [-0.2, 0) is 9.53 Å². The number of ether oxygens (including phenoxy) is 1. The summed E-state index contributed by atoms with van der Waals surface area (Å²) >= 11 is 0. The molecule has 0 bridgehead atoms. The van der Waals surface area contributed by atoms with E-state index >= 15 is 0 Å². The fourth-order valence-electron chi connectivity index (χ4n) is 2.46. The topological polar surface area (TPSA) is 29.5 Å². The van der Waals surface area contributed by atoms with Crippen molar-refractivity contribution < 1.29 is 9.53 Å². The minimum Gasteiger partial charge on any atom is -0.379 e. The molecule has 0 aromatic rings. The van der Waals surface area contributed by atoms with Crippen LogP contribution in [0.5, 0.6) is 0 Å². The van der Waals surface area contributed by atoms with Gasteiger partial charge in [-0.1, -0.05) is 38.2 Å². The van der Waals surface area contributed by atoms with Crippen LogP contribution in [0.25, 0.3) is 0 Å². The van der Waals surface area contributed by atoms with E-state index in [1.54, 1.807) is 6.08 Å². The molecule has 3 nitrogen and oxygen atoms in total. The lowest BCUT2D eigenvalue weighted by atomic mass is 10.1. The van der Waals surface area contributed by atoms with E-state index in [-0.39, 0.29) is 0 Å². The summed E-state index contributed by atoms with van der Waals surface area (Å²) in [5, 5.41) is 0. The number of unbranched alkanes of at least 4 members (excludes halogenated alkanes) is 7. The third kappa shape index (κ3) is 9.85. The molecule has 1 saturated heterocycles. The normalized spacial score (nSPS) is 17.1. The molecule has 0 amide bonds. The third-order valence-electron chi connectivity index (χ3n) is 3.66. The SMILES string of the molecule is O=CC=CCCCCCCCCCN1CCOCC1. The van der Waals surface area contributed by atoms with Crippen LogP contribution in [0.15, 0.2) is 12.2 Å². The molecule has 19 heavy (non-hydrogen) atoms. The molecule has 0 atom stereocenters. The van der Waals surface area contributed by atoms with Crippen molar-refractivity contribution in [3.63, 3.8) is 0 Å². The van der Waals surface area contributed by atoms with Crippen LogP contribution in [0, 0.1) is 0 Å². The predicted octanol–water partition coefficient (Wildman–Crippen LogP) is 3.19. The van der Waals surface area contributed by atoms with Crippen LogP contribution < -0.4 is 0 Å². The number of morpholine rings is 1. The summed E-state index contributed by atoms with van der Waals surface area (Å²) < 4.78 is 5.34. The zero-order chi connectivity index (χ0) is 13.6. The van der Waals surface area contributed by atoms with Gasteiger partial charge in [0.15, 0.2) is 0 Å². The Hall–Kier alpha value is -0.670. The molecule has 0 N–H and O–H groups in total. The van der Waals surface area contributed by atoms with Gasteiger partial charge in [0.05, 0.1) is 13.2 Å². The highest BCUT2D eigenvalue weighted by Gasteiger charge is 2.08. The fourth-order valence-corrected chi connectivity index (χ4v) is 2.46. The van der Waals surface area contributed by atoms with Gasteiger partial charge >= 0.3 is 0 Å². The molecule has 1 heterocycles. The largest absolute Gasteiger partial charge is 0.379 e. The van der Waals surface area contributed by atoms with Crippen molar-refractivity contribution in [3.05, 3.63) is 12.2 Å². The lowest BCUT2D eigenvalue weighted by Crippen LogP contribution is -2.36. The number of allylic oxidation sites excluding steroid dienone is 2. The highest BCUT2D eigenvalue weighted by Crippen LogP contribution is 2.09. The average molecular weight is 267 g/mol. The molecule has 0 radical (unpaired) electrons. The lowest BCUT2D eigenvalue weighted by molar-refractivity contribution is -0.104. The van der Waals surface area contributed by atoms with Crippen LogP contribution in [0.1, 0.15) is 51.4 Å². The highest BCUT2D eigenvalue weighted by molar-refractivity contribution is 5.64. The van der Waals surface area contributed by atoms with E-state index < -0.39 is 0 Å². The van der Waals surface area contributed by atoms with E-state index in [1.165, 1.54) is 51.5 Å². The first-order chi connectivity index (χ1) is 9.43. The molecule has 0 aromatic heterocycles. The summed E-state index contributed by atoms with van der Waals surface area (Å²) in [4.78, 5) is 12.6. The Morgan fingerprint density at radius 2 is 1.53 bits per heavy atom. The summed E-state index contributed by atoms with van der Waals surface area (Å²) in [6.07, 6.45) is 14.8. The lowest BCUT2D eigenvalue weighted by Gasteiger charge is -2.26. The Morgan fingerprint density at radius 3 is 2.21 bits per heavy atom. The Bertz CT molecular complexity index is 235. The Morgan fingerprint density at radius 1 is 0.895 bits per heavy atom. The molecule has 3 heteroatoms. The van der Waals surface area contributed by atoms with Gasteiger partial charge in [-0.3, -0.25) is 9.69 Å². The molecule has 110 valence electrons. The quantitative estimate of drug-likeness (QED) is 0.327. The summed E-state index contributed by atoms with van der Waals surface area (Å²) in [5.74, 6) is 0. The molecule has 0 spiro atoms. The summed E-state index contributed by atoms with van der Waals surface area (Å²) in [7, 11) is 0. The van der Waals surface area contributed by atoms with Crippen molar-refractivity contribution >= 4 is 6.29 Å². The van der Waals surface area contributed by atoms with Crippen LogP contribution in [-0.4, -0.2) is 44.0 Å². The van der Waals surface area contributed by atoms with Crippen LogP contribution in [0.2, 0.25) is 0 Å². The summed E-state index contributed by atoms with van der Waals surface area (Å²) in [6.45, 7) is 5.32. The van der Waals surface area contributed by atoms with E-state index in [0.29, 0.717) is 0 Å². The van der Waals surface area contributed by atoms with Crippen molar-refractivity contribution in [1.29, 1.82) is 0 Å². The van der Waals surface area contributed by atoms with E-state index in [2.05, 4.69) is 4.90 Å². The van der Waals surface area contributed by atoms with Gasteiger partial charge in [0.2, 0.25) is 0 Å². The number of carbonyl (C=O) groups excluding carboxylic acids is 1. The zero-order valence-electron chi connectivity index (χ0n) is 12.2. The number of carbonyl (C=O) groups is 1. The number of nitrogens with zero attached hydrogens (tertiary/aromatic N) is 1. The maximum Gasteiger partial charge on any atom is 0.142 e. The molecular formula is C16H29NO2. The van der Waals surface area contributed by atoms with E-state index in [0.717, 1.165) is 39.0 Å². The average Bonchev–Trinajstić information content (AvgIpc) is 2.46. The first kappa shape index (κ1) is 16.4. The number of aldehydes is 1. The molecule has 1 aliphatic rings. The van der Waals surface area contributed by atoms with E-state index in [4.69, 9.17) is 4.74 Å². The van der Waals surface area contributed by atoms with Crippen molar-refractivity contribution in [1.82, 2.24) is 4.90 Å². The molecular weight excluding hydrogens is 238 g/mol. The van der Waals surface area contributed by atoms with Gasteiger partial charge in [0.1, 0.15) is 6.29 Å². The molecule has 1 rings (SSSR count). The second-order valence-electron chi connectivity index (χ2n) is 5.28. The third-order valence-corrected chi connectivity index (χ3v) is 3.66. The number of hydrogen-bond donors (Lipinski definition) is 0. The Labute approximate surface area is 118 Å². The minimum absolute atomic E-state index is 0.856. The monoisotopic (exact) mass is 267 g/mol. The second-order valence-corrected chi connectivity index (χ2v) is 5.28. The van der Waals surface area contributed by atoms with Crippen molar-refractivity contribution in [2.24, 2.45) is 0 Å². The van der Waals surface area contributed by atoms with Gasteiger partial charge < -0.3 is 4.74 Å². The minimum atomic E-state index is 0.856. The molecule has 1 aliphatic heterocycles. The molecule has 0 aromatic carbocycles. The Kier molecular flexibility index (Phi) is 10.7. The maximum absolute atomic E-state index is 10.1. The van der Waals surface area contributed by atoms with Gasteiger partial charge in [-0.2, -0.15) is 0 Å². The summed E-state index contributed by atoms with van der Waals surface area (Å²) in [5.41, 5.74) is 0. The first-order valence-electron chi connectivity index (χ1n) is 7.84. The number of hydrogen-bond acceptors (Lipinski definition) is 3. The van der Waals surface area contributed by atoms with Gasteiger partial charge in [-0.15, -0.1) is 0 Å². The van der Waals surface area contributed by atoms with Gasteiger partial charge in [0, 0.05) is 13.1 Å².